The Kier molecular flexibility index (Phi) is 4.57. The largest absolute Gasteiger partial charge is 0.846 e. The Hall–Kier alpha value is -2.09. The lowest BCUT2D eigenvalue weighted by Gasteiger charge is -2.17. The van der Waals surface area contributed by atoms with Gasteiger partial charge in [-0.25, -0.2) is 4.99 Å². The first-order valence-electron chi connectivity index (χ1n) is 6.46. The molecule has 0 aromatic heterocycles. The minimum Gasteiger partial charge on any atom is -0.846 e. The zero-order chi connectivity index (χ0) is 14.4. The van der Waals surface area contributed by atoms with Gasteiger partial charge in [-0.2, -0.15) is 5.21 Å². The first-order valence-corrected chi connectivity index (χ1v) is 6.46. The van der Waals surface area contributed by atoms with Gasteiger partial charge < -0.3 is 15.3 Å². The highest BCUT2D eigenvalue weighted by atomic mass is 16.8. The summed E-state index contributed by atoms with van der Waals surface area (Å²) in [7, 11) is 0. The minimum atomic E-state index is -0.578. The van der Waals surface area contributed by atoms with Crippen LogP contribution in [0.1, 0.15) is 19.8 Å². The standard InChI is InChI=1S/C13H18N4O3/c1-2-3-9-17(19)10-12(20-16-17)15-13(18)14-11-7-5-4-6-8-11/h4-8,10,16,19H,2-3,9H2,1H3,(H-,14,15,18). The third kappa shape index (κ3) is 3.95. The Morgan fingerprint density at radius 2 is 2.20 bits per heavy atom. The van der Waals surface area contributed by atoms with Gasteiger partial charge in [0.1, 0.15) is 6.54 Å². The number of nitrogens with zero attached hydrogens (tertiary/aromatic N) is 2. The molecule has 0 fully saturated rings. The van der Waals surface area contributed by atoms with Crippen LogP contribution in [0.25, 0.3) is 0 Å². The summed E-state index contributed by atoms with van der Waals surface area (Å²) in [5, 5.41) is 24.3. The molecule has 1 aliphatic heterocycles. The number of quaternary nitrogens is 1. The quantitative estimate of drug-likeness (QED) is 0.426. The number of rotatable bonds is 5. The number of nitrogens with one attached hydrogen (secondary N) is 2. The summed E-state index contributed by atoms with van der Waals surface area (Å²) in [6.07, 6.45) is 3.10. The Morgan fingerprint density at radius 1 is 1.45 bits per heavy atom. The average Bonchev–Trinajstić information content (AvgIpc) is 2.79. The molecule has 1 aromatic carbocycles. The number of hydroxylamine groups is 2. The number of benzene rings is 1. The van der Waals surface area contributed by atoms with E-state index in [-0.39, 0.29) is 5.88 Å². The summed E-state index contributed by atoms with van der Waals surface area (Å²) in [5.74, 6) is 0.0389. The van der Waals surface area contributed by atoms with Crippen molar-refractivity contribution in [2.75, 3.05) is 11.9 Å². The smallest absolute Gasteiger partial charge is 0.303 e. The van der Waals surface area contributed by atoms with Crippen LogP contribution in [0.3, 0.4) is 0 Å². The molecule has 1 aliphatic rings. The first-order chi connectivity index (χ1) is 9.61. The molecule has 108 valence electrons. The van der Waals surface area contributed by atoms with Crippen LogP contribution in [-0.4, -0.2) is 22.5 Å². The summed E-state index contributed by atoms with van der Waals surface area (Å²) in [6, 6.07) is 8.41. The van der Waals surface area contributed by atoms with Gasteiger partial charge in [0.15, 0.2) is 0 Å². The lowest BCUT2D eigenvalue weighted by molar-refractivity contribution is -1.11. The zero-order valence-corrected chi connectivity index (χ0v) is 11.2. The maximum atomic E-state index is 11.7. The van der Waals surface area contributed by atoms with Gasteiger partial charge in [-0.05, 0) is 16.9 Å². The zero-order valence-electron chi connectivity index (χ0n) is 11.2. The minimum absolute atomic E-state index is 0.0389. The van der Waals surface area contributed by atoms with Crippen molar-refractivity contribution < 1.29 is 19.9 Å². The second-order valence-electron chi connectivity index (χ2n) is 4.47. The van der Waals surface area contributed by atoms with E-state index in [0.717, 1.165) is 12.8 Å². The molecule has 0 saturated carbocycles. The maximum Gasteiger partial charge on any atom is 0.303 e. The van der Waals surface area contributed by atoms with Crippen molar-refractivity contribution in [1.29, 1.82) is 0 Å². The van der Waals surface area contributed by atoms with E-state index in [0.29, 0.717) is 12.2 Å². The molecule has 7 heteroatoms. The number of amidine groups is 1. The molecule has 0 amide bonds. The number of hydrogen-bond donors (Lipinski definition) is 3. The maximum absolute atomic E-state index is 11.7. The Balaban J connectivity index is 1.98. The van der Waals surface area contributed by atoms with Crippen molar-refractivity contribution in [3.05, 3.63) is 42.4 Å². The fourth-order valence-electron chi connectivity index (χ4n) is 1.70. The van der Waals surface area contributed by atoms with E-state index in [2.05, 4.69) is 15.9 Å². The second-order valence-corrected chi connectivity index (χ2v) is 4.47. The second kappa shape index (κ2) is 6.38. The van der Waals surface area contributed by atoms with Gasteiger partial charge >= 0.3 is 5.88 Å². The van der Waals surface area contributed by atoms with Crippen molar-refractivity contribution >= 4 is 11.7 Å². The van der Waals surface area contributed by atoms with Crippen LogP contribution in [0.4, 0.5) is 5.69 Å². The lowest BCUT2D eigenvalue weighted by Crippen LogP contribution is -2.47. The first kappa shape index (κ1) is 14.3. The summed E-state index contributed by atoms with van der Waals surface area (Å²) < 4.78 is -0.578. The Bertz CT molecular complexity index is 504. The lowest BCUT2D eigenvalue weighted by atomic mass is 10.3. The topological polar surface area (TPSA) is 88.9 Å². The van der Waals surface area contributed by atoms with Gasteiger partial charge in [-0.15, -0.1) is 0 Å². The fourth-order valence-corrected chi connectivity index (χ4v) is 1.70. The average molecular weight is 278 g/mol. The molecule has 1 aromatic rings. The SMILES string of the molecule is CCCC[N+]1(O)C=C(N=C([O-])Nc2ccccc2)ON1. The van der Waals surface area contributed by atoms with Gasteiger partial charge in [0.2, 0.25) is 6.20 Å². The monoisotopic (exact) mass is 278 g/mol. The van der Waals surface area contributed by atoms with Crippen molar-refractivity contribution in [2.45, 2.75) is 19.8 Å². The van der Waals surface area contributed by atoms with Crippen LogP contribution in [-0.2, 0) is 4.84 Å². The van der Waals surface area contributed by atoms with E-state index in [1.165, 1.54) is 6.20 Å². The summed E-state index contributed by atoms with van der Waals surface area (Å²) >= 11 is 0. The molecule has 0 spiro atoms. The van der Waals surface area contributed by atoms with Gasteiger partial charge in [0, 0.05) is 17.7 Å². The third-order valence-electron chi connectivity index (χ3n) is 2.72. The highest BCUT2D eigenvalue weighted by Gasteiger charge is 2.32. The van der Waals surface area contributed by atoms with Crippen molar-refractivity contribution in [3.63, 3.8) is 0 Å². The van der Waals surface area contributed by atoms with E-state index >= 15 is 0 Å². The fraction of sp³-hybridized carbons (Fsp3) is 0.308. The summed E-state index contributed by atoms with van der Waals surface area (Å²) in [5.41, 5.74) is 3.06. The molecular weight excluding hydrogens is 260 g/mol. The van der Waals surface area contributed by atoms with E-state index < -0.39 is 10.8 Å². The van der Waals surface area contributed by atoms with E-state index in [9.17, 15) is 10.3 Å². The van der Waals surface area contributed by atoms with Crippen molar-refractivity contribution in [2.24, 2.45) is 4.99 Å². The van der Waals surface area contributed by atoms with Crippen molar-refractivity contribution in [1.82, 2.24) is 5.59 Å². The Labute approximate surface area is 117 Å². The third-order valence-corrected chi connectivity index (χ3v) is 2.72. The Morgan fingerprint density at radius 3 is 2.90 bits per heavy atom. The van der Waals surface area contributed by atoms with Crippen LogP contribution in [0, 0.1) is 0 Å². The predicted molar refractivity (Wildman–Crippen MR) is 71.6 cm³/mol. The van der Waals surface area contributed by atoms with Crippen molar-refractivity contribution in [3.8, 4) is 0 Å². The van der Waals surface area contributed by atoms with E-state index in [1.807, 2.05) is 25.1 Å². The van der Waals surface area contributed by atoms with Gasteiger partial charge in [0.25, 0.3) is 0 Å². The number of hydrogen-bond acceptors (Lipinski definition) is 5. The van der Waals surface area contributed by atoms with Gasteiger partial charge in [-0.3, -0.25) is 0 Å². The molecule has 1 unspecified atom stereocenters. The molecule has 1 heterocycles. The highest BCUT2D eigenvalue weighted by molar-refractivity contribution is 5.86. The molecule has 20 heavy (non-hydrogen) atoms. The van der Waals surface area contributed by atoms with Gasteiger partial charge in [0.05, 0.1) is 6.02 Å². The molecule has 0 radical (unpaired) electrons. The highest BCUT2D eigenvalue weighted by Crippen LogP contribution is 2.15. The molecule has 2 rings (SSSR count). The van der Waals surface area contributed by atoms with Crippen LogP contribution in [0.15, 0.2) is 47.4 Å². The molecule has 0 saturated heterocycles. The van der Waals surface area contributed by atoms with Crippen LogP contribution in [0.5, 0.6) is 0 Å². The van der Waals surface area contributed by atoms with E-state index in [1.54, 1.807) is 12.1 Å². The molecule has 7 nitrogen and oxygen atoms in total. The molecule has 1 atom stereocenters. The molecule has 3 N–H and O–H groups in total. The van der Waals surface area contributed by atoms with Gasteiger partial charge in [-0.1, -0.05) is 31.5 Å². The number of unbranched alkanes of at least 4 members (excludes halogenated alkanes) is 1. The molecular formula is C13H18N4O3. The van der Waals surface area contributed by atoms with E-state index in [4.69, 9.17) is 4.84 Å². The van der Waals surface area contributed by atoms with Crippen LogP contribution in [0.2, 0.25) is 0 Å². The molecule has 0 bridgehead atoms. The predicted octanol–water partition coefficient (Wildman–Crippen LogP) is 1.07. The summed E-state index contributed by atoms with van der Waals surface area (Å²) in [4.78, 5) is 8.71. The van der Waals surface area contributed by atoms with Crippen LogP contribution < -0.4 is 16.0 Å². The normalized spacial score (nSPS) is 22.3. The van der Waals surface area contributed by atoms with Crippen LogP contribution >= 0.6 is 0 Å². The molecule has 0 aliphatic carbocycles. The number of aliphatic imine (C=N–C) groups is 1. The number of para-hydroxylation sites is 1. The summed E-state index contributed by atoms with van der Waals surface area (Å²) in [6.45, 7) is 2.46. The number of anilines is 1.